The third-order valence-corrected chi connectivity index (χ3v) is 9.63. The topological polar surface area (TPSA) is 132 Å². The number of aliphatic carboxylic acids is 1. The Hall–Kier alpha value is -3.35. The molecule has 12 heteroatoms. The minimum atomic E-state index is -1.53. The summed E-state index contributed by atoms with van der Waals surface area (Å²) in [5.41, 5.74) is -0.0650. The summed E-state index contributed by atoms with van der Waals surface area (Å²) >= 11 is 1.34. The fraction of sp³-hybridized carbons (Fsp3) is 0.500. The van der Waals surface area contributed by atoms with Crippen LogP contribution in [-0.2, 0) is 19.1 Å². The van der Waals surface area contributed by atoms with Gasteiger partial charge >= 0.3 is 12.0 Å². The Labute approximate surface area is 235 Å². The van der Waals surface area contributed by atoms with Crippen molar-refractivity contribution >= 4 is 34.6 Å². The van der Waals surface area contributed by atoms with Crippen LogP contribution in [0.3, 0.4) is 0 Å². The number of ether oxygens (including phenoxy) is 3. The van der Waals surface area contributed by atoms with E-state index in [9.17, 15) is 19.5 Å². The van der Waals surface area contributed by atoms with Gasteiger partial charge in [-0.1, -0.05) is 30.0 Å². The molecule has 1 aromatic carbocycles. The van der Waals surface area contributed by atoms with Gasteiger partial charge in [0.25, 0.3) is 0 Å². The van der Waals surface area contributed by atoms with Crippen LogP contribution in [-0.4, -0.2) is 81.7 Å². The Kier molecular flexibility index (Phi) is 7.09. The number of hydrogen-bond donors (Lipinski definition) is 1. The van der Waals surface area contributed by atoms with Gasteiger partial charge in [-0.2, -0.15) is 0 Å². The molecule has 1 saturated carbocycles. The molecule has 3 fully saturated rings. The minimum Gasteiger partial charge on any atom is -0.496 e. The van der Waals surface area contributed by atoms with Crippen molar-refractivity contribution in [3.05, 3.63) is 53.8 Å². The van der Waals surface area contributed by atoms with Gasteiger partial charge in [0.1, 0.15) is 23.7 Å². The van der Waals surface area contributed by atoms with Gasteiger partial charge < -0.3 is 28.6 Å². The van der Waals surface area contributed by atoms with E-state index in [2.05, 4.69) is 4.98 Å². The van der Waals surface area contributed by atoms with Crippen LogP contribution in [0.5, 0.6) is 5.75 Å². The van der Waals surface area contributed by atoms with Crippen LogP contribution < -0.4 is 4.74 Å². The summed E-state index contributed by atoms with van der Waals surface area (Å²) in [6.45, 7) is 3.07. The number of carboxylic acid groups (broad SMARTS) is 1. The summed E-state index contributed by atoms with van der Waals surface area (Å²) < 4.78 is 23.3. The first-order valence-electron chi connectivity index (χ1n) is 13.4. The highest BCUT2D eigenvalue weighted by Crippen LogP contribution is 2.54. The number of nitrogens with zero attached hydrogens (tertiary/aromatic N) is 3. The first-order chi connectivity index (χ1) is 19.4. The Balaban J connectivity index is 1.40. The van der Waals surface area contributed by atoms with Crippen LogP contribution in [0, 0.1) is 5.92 Å². The number of para-hydroxylation sites is 1. The fourth-order valence-corrected chi connectivity index (χ4v) is 7.33. The molecule has 2 saturated heterocycles. The van der Waals surface area contributed by atoms with Gasteiger partial charge in [0.05, 0.1) is 42.2 Å². The molecule has 3 atom stereocenters. The molecule has 1 aromatic heterocycles. The van der Waals surface area contributed by atoms with Crippen molar-refractivity contribution in [2.75, 3.05) is 26.9 Å². The molecule has 0 bridgehead atoms. The third-order valence-electron chi connectivity index (χ3n) is 8.13. The Bertz CT molecular complexity index is 1330. The van der Waals surface area contributed by atoms with E-state index < -0.39 is 40.8 Å². The zero-order valence-electron chi connectivity index (χ0n) is 22.3. The van der Waals surface area contributed by atoms with Crippen molar-refractivity contribution in [3.63, 3.8) is 0 Å². The number of methoxy groups -OCH3 is 1. The van der Waals surface area contributed by atoms with E-state index in [1.165, 1.54) is 24.2 Å². The number of carbonyl (C=O) groups is 3. The number of aromatic nitrogens is 1. The molecule has 3 amide bonds. The van der Waals surface area contributed by atoms with E-state index in [0.29, 0.717) is 48.2 Å². The van der Waals surface area contributed by atoms with E-state index >= 15 is 0 Å². The highest BCUT2D eigenvalue weighted by molar-refractivity contribution is 8.09. The van der Waals surface area contributed by atoms with Gasteiger partial charge in [0.15, 0.2) is 0 Å². The van der Waals surface area contributed by atoms with Crippen molar-refractivity contribution in [2.24, 2.45) is 5.92 Å². The van der Waals surface area contributed by atoms with Crippen LogP contribution in [0.1, 0.15) is 50.2 Å². The smallest absolute Gasteiger partial charge is 0.330 e. The Morgan fingerprint density at radius 2 is 2.00 bits per heavy atom. The predicted molar refractivity (Wildman–Crippen MR) is 143 cm³/mol. The van der Waals surface area contributed by atoms with Gasteiger partial charge in [-0.25, -0.2) is 19.5 Å². The molecule has 2 aromatic rings. The van der Waals surface area contributed by atoms with Crippen molar-refractivity contribution < 1.29 is 38.1 Å². The SMILES string of the molecule is COc1ccccc1[C@H](CN1C(=O)N(C2(C(=O)O)CC2)C(=O)C2C(C)=C(c3ncco3)SC21)OC1CCOCC1. The van der Waals surface area contributed by atoms with Crippen molar-refractivity contribution in [1.29, 1.82) is 0 Å². The van der Waals surface area contributed by atoms with Crippen LogP contribution in [0.4, 0.5) is 4.79 Å². The monoisotopic (exact) mass is 569 g/mol. The summed E-state index contributed by atoms with van der Waals surface area (Å²) in [6.07, 6.45) is 4.17. The van der Waals surface area contributed by atoms with Gasteiger partial charge in [0, 0.05) is 18.8 Å². The first kappa shape index (κ1) is 26.9. The normalized spacial score (nSPS) is 25.2. The molecule has 1 N–H and O–H groups in total. The zero-order valence-corrected chi connectivity index (χ0v) is 23.1. The second-order valence-electron chi connectivity index (χ2n) is 10.5. The van der Waals surface area contributed by atoms with Crippen molar-refractivity contribution in [1.82, 2.24) is 14.8 Å². The van der Waals surface area contributed by atoms with Crippen LogP contribution in [0.25, 0.3) is 4.91 Å². The largest absolute Gasteiger partial charge is 0.496 e. The van der Waals surface area contributed by atoms with E-state index in [4.69, 9.17) is 18.6 Å². The molecule has 40 heavy (non-hydrogen) atoms. The molecule has 3 aliphatic heterocycles. The predicted octanol–water partition coefficient (Wildman–Crippen LogP) is 3.92. The number of oxazole rings is 1. The maximum absolute atomic E-state index is 14.2. The first-order valence-corrected chi connectivity index (χ1v) is 14.2. The number of benzene rings is 1. The molecule has 212 valence electrons. The van der Waals surface area contributed by atoms with E-state index in [1.54, 1.807) is 12.0 Å². The average molecular weight is 570 g/mol. The van der Waals surface area contributed by atoms with Crippen molar-refractivity contribution in [2.45, 2.75) is 55.7 Å². The second-order valence-corrected chi connectivity index (χ2v) is 11.6. The molecule has 1 aliphatic carbocycles. The maximum Gasteiger partial charge on any atom is 0.330 e. The lowest BCUT2D eigenvalue weighted by Crippen LogP contribution is -2.65. The third kappa shape index (κ3) is 4.47. The van der Waals surface area contributed by atoms with Crippen molar-refractivity contribution in [3.8, 4) is 5.75 Å². The molecule has 2 unspecified atom stereocenters. The molecule has 6 rings (SSSR count). The number of thioether (sulfide) groups is 1. The van der Waals surface area contributed by atoms with E-state index in [1.807, 2.05) is 31.2 Å². The highest BCUT2D eigenvalue weighted by Gasteiger charge is 2.65. The number of fused-ring (bicyclic) bond motifs is 1. The summed E-state index contributed by atoms with van der Waals surface area (Å²) in [7, 11) is 1.58. The lowest BCUT2D eigenvalue weighted by Gasteiger charge is -2.45. The standard InChI is InChI=1S/C28H31N3O8S/c1-16-21-24(32)31(28(9-10-28)26(33)34)27(35)30(25(21)40-22(16)23-29-11-14-38-23)15-20(39-17-7-12-37-13-8-17)18-5-3-4-6-19(18)36-2/h3-6,11,14,17,20-21,25H,7-10,12-13,15H2,1-2H3,(H,33,34)/t20-,21?,25?/m0/s1. The van der Waals surface area contributed by atoms with Gasteiger partial charge in [-0.15, -0.1) is 0 Å². The average Bonchev–Trinajstić information content (AvgIpc) is 3.42. The summed E-state index contributed by atoms with van der Waals surface area (Å²) in [5, 5.41) is 9.46. The van der Waals surface area contributed by atoms with Gasteiger partial charge in [0.2, 0.25) is 11.8 Å². The molecule has 0 radical (unpaired) electrons. The zero-order chi connectivity index (χ0) is 28.0. The van der Waals surface area contributed by atoms with Crippen LogP contribution >= 0.6 is 11.8 Å². The number of carbonyl (C=O) groups excluding carboxylic acids is 2. The summed E-state index contributed by atoms with van der Waals surface area (Å²) in [5.74, 6) is -1.44. The lowest BCUT2D eigenvalue weighted by atomic mass is 9.93. The number of imide groups is 1. The molecular formula is C28H31N3O8S. The number of rotatable bonds is 9. The molecule has 4 heterocycles. The molecule has 11 nitrogen and oxygen atoms in total. The quantitative estimate of drug-likeness (QED) is 0.474. The molecular weight excluding hydrogens is 538 g/mol. The fourth-order valence-electron chi connectivity index (χ4n) is 5.81. The second kappa shape index (κ2) is 10.6. The Morgan fingerprint density at radius 1 is 1.25 bits per heavy atom. The number of amides is 3. The van der Waals surface area contributed by atoms with Crippen LogP contribution in [0.15, 0.2) is 46.7 Å². The van der Waals surface area contributed by atoms with E-state index in [-0.39, 0.29) is 25.5 Å². The minimum absolute atomic E-state index is 0.0927. The highest BCUT2D eigenvalue weighted by atomic mass is 32.2. The summed E-state index contributed by atoms with van der Waals surface area (Å²) in [4.78, 5) is 47.9. The van der Waals surface area contributed by atoms with Crippen LogP contribution in [0.2, 0.25) is 0 Å². The number of hydrogen-bond acceptors (Lipinski definition) is 9. The number of urea groups is 1. The maximum atomic E-state index is 14.2. The molecule has 0 spiro atoms. The Morgan fingerprint density at radius 3 is 2.65 bits per heavy atom. The lowest BCUT2D eigenvalue weighted by molar-refractivity contribution is -0.153. The molecule has 4 aliphatic rings. The van der Waals surface area contributed by atoms with E-state index in [0.717, 1.165) is 10.5 Å². The van der Waals surface area contributed by atoms with Gasteiger partial charge in [-0.05, 0) is 44.2 Å². The van der Waals surface area contributed by atoms with Gasteiger partial charge in [-0.3, -0.25) is 4.79 Å². The summed E-state index contributed by atoms with van der Waals surface area (Å²) in [6, 6.07) is 6.86. The number of carboxylic acids is 1.